The van der Waals surface area contributed by atoms with Crippen molar-refractivity contribution in [2.24, 2.45) is 5.73 Å². The van der Waals surface area contributed by atoms with Crippen LogP contribution in [-0.4, -0.2) is 5.91 Å². The minimum atomic E-state index is -0.554. The SMILES string of the molecule is Cc1ccc(COc2ccc(Cl)cc2C(N)=O)cc1. The molecule has 4 heteroatoms. The fraction of sp³-hybridized carbons (Fsp3) is 0.133. The Morgan fingerprint density at radius 1 is 1.21 bits per heavy atom. The van der Waals surface area contributed by atoms with Gasteiger partial charge >= 0.3 is 0 Å². The van der Waals surface area contributed by atoms with Crippen molar-refractivity contribution in [3.8, 4) is 5.75 Å². The molecule has 0 fully saturated rings. The molecule has 0 saturated carbocycles. The molecule has 3 nitrogen and oxygen atoms in total. The Kier molecular flexibility index (Phi) is 4.07. The van der Waals surface area contributed by atoms with Crippen molar-refractivity contribution in [2.45, 2.75) is 13.5 Å². The fourth-order valence-electron chi connectivity index (χ4n) is 1.67. The Labute approximate surface area is 117 Å². The molecule has 2 aromatic rings. The largest absolute Gasteiger partial charge is 0.488 e. The van der Waals surface area contributed by atoms with Crippen LogP contribution in [0.5, 0.6) is 5.75 Å². The van der Waals surface area contributed by atoms with E-state index in [2.05, 4.69) is 0 Å². The standard InChI is InChI=1S/C15H14ClNO2/c1-10-2-4-11(5-3-10)9-19-14-7-6-12(16)8-13(14)15(17)18/h2-8H,9H2,1H3,(H2,17,18). The summed E-state index contributed by atoms with van der Waals surface area (Å²) < 4.78 is 5.62. The molecule has 0 aromatic heterocycles. The van der Waals surface area contributed by atoms with Crippen LogP contribution in [0.15, 0.2) is 42.5 Å². The summed E-state index contributed by atoms with van der Waals surface area (Å²) in [6.45, 7) is 2.40. The Bertz CT molecular complexity index is 594. The van der Waals surface area contributed by atoms with E-state index in [0.29, 0.717) is 22.9 Å². The smallest absolute Gasteiger partial charge is 0.252 e. The summed E-state index contributed by atoms with van der Waals surface area (Å²) in [6, 6.07) is 12.8. The van der Waals surface area contributed by atoms with Crippen molar-refractivity contribution >= 4 is 17.5 Å². The maximum absolute atomic E-state index is 11.3. The highest BCUT2D eigenvalue weighted by Crippen LogP contribution is 2.23. The van der Waals surface area contributed by atoms with Gasteiger partial charge in [0.2, 0.25) is 0 Å². The number of primary amides is 1. The van der Waals surface area contributed by atoms with E-state index < -0.39 is 5.91 Å². The lowest BCUT2D eigenvalue weighted by atomic mass is 10.1. The number of rotatable bonds is 4. The third-order valence-electron chi connectivity index (χ3n) is 2.72. The van der Waals surface area contributed by atoms with Crippen LogP contribution in [-0.2, 0) is 6.61 Å². The molecule has 0 aliphatic heterocycles. The second kappa shape index (κ2) is 5.76. The van der Waals surface area contributed by atoms with Crippen LogP contribution in [0.3, 0.4) is 0 Å². The molecule has 0 atom stereocenters. The first-order valence-electron chi connectivity index (χ1n) is 5.84. The van der Waals surface area contributed by atoms with E-state index in [1.165, 1.54) is 11.6 Å². The van der Waals surface area contributed by atoms with Gasteiger partial charge in [0.05, 0.1) is 5.56 Å². The predicted molar refractivity (Wildman–Crippen MR) is 75.5 cm³/mol. The monoisotopic (exact) mass is 275 g/mol. The molecular weight excluding hydrogens is 262 g/mol. The zero-order valence-corrected chi connectivity index (χ0v) is 11.3. The van der Waals surface area contributed by atoms with Crippen LogP contribution in [0.4, 0.5) is 0 Å². The number of carbonyl (C=O) groups excluding carboxylic acids is 1. The van der Waals surface area contributed by atoms with E-state index in [1.54, 1.807) is 12.1 Å². The molecule has 2 N–H and O–H groups in total. The highest BCUT2D eigenvalue weighted by atomic mass is 35.5. The number of hydrogen-bond donors (Lipinski definition) is 1. The van der Waals surface area contributed by atoms with Gasteiger partial charge in [-0.1, -0.05) is 41.4 Å². The average Bonchev–Trinajstić information content (AvgIpc) is 2.39. The highest BCUT2D eigenvalue weighted by Gasteiger charge is 2.10. The molecule has 0 saturated heterocycles. The van der Waals surface area contributed by atoms with Gasteiger partial charge in [0.15, 0.2) is 0 Å². The number of aryl methyl sites for hydroxylation is 1. The molecule has 0 aliphatic carbocycles. The zero-order chi connectivity index (χ0) is 13.8. The second-order valence-electron chi connectivity index (χ2n) is 4.28. The molecule has 0 spiro atoms. The third-order valence-corrected chi connectivity index (χ3v) is 2.96. The van der Waals surface area contributed by atoms with Gasteiger partial charge in [-0.3, -0.25) is 4.79 Å². The van der Waals surface area contributed by atoms with Crippen LogP contribution in [0.25, 0.3) is 0 Å². The van der Waals surface area contributed by atoms with E-state index in [4.69, 9.17) is 22.1 Å². The van der Waals surface area contributed by atoms with E-state index >= 15 is 0 Å². The second-order valence-corrected chi connectivity index (χ2v) is 4.72. The van der Waals surface area contributed by atoms with E-state index in [-0.39, 0.29) is 0 Å². The molecule has 0 heterocycles. The minimum Gasteiger partial charge on any atom is -0.488 e. The minimum absolute atomic E-state index is 0.291. The Morgan fingerprint density at radius 2 is 1.89 bits per heavy atom. The van der Waals surface area contributed by atoms with Crippen molar-refractivity contribution in [3.05, 3.63) is 64.2 Å². The number of benzene rings is 2. The van der Waals surface area contributed by atoms with Gasteiger partial charge in [-0.05, 0) is 30.7 Å². The summed E-state index contributed by atoms with van der Waals surface area (Å²) in [7, 11) is 0. The molecule has 0 unspecified atom stereocenters. The molecule has 0 bridgehead atoms. The van der Waals surface area contributed by atoms with Crippen molar-refractivity contribution in [3.63, 3.8) is 0 Å². The number of nitrogens with two attached hydrogens (primary N) is 1. The van der Waals surface area contributed by atoms with Crippen LogP contribution >= 0.6 is 11.6 Å². The summed E-state index contributed by atoms with van der Waals surface area (Å²) in [5, 5.41) is 0.455. The van der Waals surface area contributed by atoms with E-state index in [0.717, 1.165) is 5.56 Å². The Balaban J connectivity index is 2.15. The summed E-state index contributed by atoms with van der Waals surface area (Å²) in [6.07, 6.45) is 0. The molecule has 98 valence electrons. The molecule has 2 rings (SSSR count). The number of ether oxygens (including phenoxy) is 1. The van der Waals surface area contributed by atoms with Crippen LogP contribution in [0, 0.1) is 6.92 Å². The normalized spacial score (nSPS) is 10.2. The highest BCUT2D eigenvalue weighted by molar-refractivity contribution is 6.31. The molecule has 0 aliphatic rings. The van der Waals surface area contributed by atoms with E-state index in [1.807, 2.05) is 31.2 Å². The van der Waals surface area contributed by atoms with Gasteiger partial charge in [0, 0.05) is 5.02 Å². The van der Waals surface area contributed by atoms with Gasteiger partial charge < -0.3 is 10.5 Å². The molecule has 19 heavy (non-hydrogen) atoms. The number of amides is 1. The first-order chi connectivity index (χ1) is 9.06. The molecule has 0 radical (unpaired) electrons. The lowest BCUT2D eigenvalue weighted by molar-refractivity contribution is 0.0996. The maximum atomic E-state index is 11.3. The molecule has 1 amide bonds. The van der Waals surface area contributed by atoms with Crippen molar-refractivity contribution in [1.82, 2.24) is 0 Å². The van der Waals surface area contributed by atoms with E-state index in [9.17, 15) is 4.79 Å². The van der Waals surface area contributed by atoms with Crippen LogP contribution in [0.2, 0.25) is 5.02 Å². The summed E-state index contributed by atoms with van der Waals surface area (Å²) in [5.41, 5.74) is 7.80. The van der Waals surface area contributed by atoms with Crippen LogP contribution < -0.4 is 10.5 Å². The van der Waals surface area contributed by atoms with Crippen molar-refractivity contribution in [1.29, 1.82) is 0 Å². The van der Waals surface area contributed by atoms with Crippen molar-refractivity contribution in [2.75, 3.05) is 0 Å². The number of halogens is 1. The lowest BCUT2D eigenvalue weighted by Crippen LogP contribution is -2.13. The molecule has 2 aromatic carbocycles. The predicted octanol–water partition coefficient (Wildman–Crippen LogP) is 3.33. The first kappa shape index (κ1) is 13.4. The average molecular weight is 276 g/mol. The fourth-order valence-corrected chi connectivity index (χ4v) is 1.84. The van der Waals surface area contributed by atoms with Crippen LogP contribution in [0.1, 0.15) is 21.5 Å². The third kappa shape index (κ3) is 3.48. The topological polar surface area (TPSA) is 52.3 Å². The lowest BCUT2D eigenvalue weighted by Gasteiger charge is -2.10. The quantitative estimate of drug-likeness (QED) is 0.930. The summed E-state index contributed by atoms with van der Waals surface area (Å²) in [4.78, 5) is 11.3. The first-order valence-corrected chi connectivity index (χ1v) is 6.22. The Morgan fingerprint density at radius 3 is 2.53 bits per heavy atom. The summed E-state index contributed by atoms with van der Waals surface area (Å²) >= 11 is 5.83. The van der Waals surface area contributed by atoms with Gasteiger partial charge in [-0.2, -0.15) is 0 Å². The van der Waals surface area contributed by atoms with Gasteiger partial charge in [0.1, 0.15) is 12.4 Å². The van der Waals surface area contributed by atoms with Gasteiger partial charge in [0.25, 0.3) is 5.91 Å². The summed E-state index contributed by atoms with van der Waals surface area (Å²) in [5.74, 6) is -0.112. The number of hydrogen-bond acceptors (Lipinski definition) is 2. The molecular formula is C15H14ClNO2. The maximum Gasteiger partial charge on any atom is 0.252 e. The van der Waals surface area contributed by atoms with Gasteiger partial charge in [-0.15, -0.1) is 0 Å². The number of carbonyl (C=O) groups is 1. The van der Waals surface area contributed by atoms with Crippen molar-refractivity contribution < 1.29 is 9.53 Å². The van der Waals surface area contributed by atoms with Gasteiger partial charge in [-0.25, -0.2) is 0 Å². The Hall–Kier alpha value is -2.00. The zero-order valence-electron chi connectivity index (χ0n) is 10.5.